The van der Waals surface area contributed by atoms with Crippen LogP contribution in [0.2, 0.25) is 0 Å². The molecule has 2 aromatic heterocycles. The lowest BCUT2D eigenvalue weighted by atomic mass is 10.1. The van der Waals surface area contributed by atoms with E-state index in [1.807, 2.05) is 24.4 Å². The number of aromatic nitrogens is 1. The van der Waals surface area contributed by atoms with E-state index in [1.165, 1.54) is 0 Å². The van der Waals surface area contributed by atoms with Crippen molar-refractivity contribution in [2.45, 2.75) is 25.5 Å². The van der Waals surface area contributed by atoms with Crippen molar-refractivity contribution in [1.82, 2.24) is 10.3 Å². The van der Waals surface area contributed by atoms with Crippen LogP contribution in [0.3, 0.4) is 0 Å². The van der Waals surface area contributed by atoms with Gasteiger partial charge < -0.3 is 10.4 Å². The third-order valence-electron chi connectivity index (χ3n) is 2.75. The zero-order valence-corrected chi connectivity index (χ0v) is 10.6. The maximum atomic E-state index is 12.1. The predicted octanol–water partition coefficient (Wildman–Crippen LogP) is 2.57. The minimum atomic E-state index is -2.72. The minimum Gasteiger partial charge on any atom is -0.386 e. The topological polar surface area (TPSA) is 45.1 Å². The average Bonchev–Trinajstić information content (AvgIpc) is 2.82. The van der Waals surface area contributed by atoms with Crippen LogP contribution in [0.15, 0.2) is 23.7 Å². The monoisotopic (exact) mass is 272 g/mol. The number of aliphatic hydroxyl groups is 1. The lowest BCUT2D eigenvalue weighted by Gasteiger charge is -2.16. The number of fused-ring (bicyclic) bond motifs is 1. The fourth-order valence-electron chi connectivity index (χ4n) is 1.60. The summed E-state index contributed by atoms with van der Waals surface area (Å²) in [5.74, 6) is 0. The van der Waals surface area contributed by atoms with Crippen LogP contribution in [-0.4, -0.2) is 29.2 Å². The molecule has 2 aromatic rings. The van der Waals surface area contributed by atoms with Gasteiger partial charge in [0.05, 0.1) is 10.2 Å². The number of thiophene rings is 1. The number of nitrogens with zero attached hydrogens (tertiary/aromatic N) is 1. The number of aliphatic hydroxyl groups excluding tert-OH is 1. The number of alkyl halides is 2. The summed E-state index contributed by atoms with van der Waals surface area (Å²) in [5.41, 5.74) is 1.86. The standard InChI is InChI=1S/C12H14F2N2OS/c1-7(15-6-10(17)12(13)14)8-4-11-9(16-5-8)2-3-18-11/h2-5,7,10,12,15,17H,6H2,1H3. The molecule has 0 saturated carbocycles. The third kappa shape index (κ3) is 3.01. The van der Waals surface area contributed by atoms with Gasteiger partial charge in [0.2, 0.25) is 0 Å². The Balaban J connectivity index is 2.01. The molecule has 0 amide bonds. The molecular weight excluding hydrogens is 258 g/mol. The van der Waals surface area contributed by atoms with Gasteiger partial charge in [-0.15, -0.1) is 11.3 Å². The van der Waals surface area contributed by atoms with Gasteiger partial charge in [-0.2, -0.15) is 0 Å². The minimum absolute atomic E-state index is 0.127. The molecule has 0 spiro atoms. The maximum absolute atomic E-state index is 12.1. The predicted molar refractivity (Wildman–Crippen MR) is 68.0 cm³/mol. The van der Waals surface area contributed by atoms with E-state index in [4.69, 9.17) is 5.11 Å². The van der Waals surface area contributed by atoms with Crippen molar-refractivity contribution in [3.8, 4) is 0 Å². The van der Waals surface area contributed by atoms with Crippen LogP contribution in [0.5, 0.6) is 0 Å². The van der Waals surface area contributed by atoms with Crippen molar-refractivity contribution in [1.29, 1.82) is 0 Å². The first-order valence-electron chi connectivity index (χ1n) is 5.60. The molecule has 0 fully saturated rings. The molecule has 2 heterocycles. The number of hydrogen-bond acceptors (Lipinski definition) is 4. The van der Waals surface area contributed by atoms with Crippen molar-refractivity contribution in [3.05, 3.63) is 29.3 Å². The molecule has 2 rings (SSSR count). The highest BCUT2D eigenvalue weighted by molar-refractivity contribution is 7.17. The molecule has 0 aliphatic rings. The fraction of sp³-hybridized carbons (Fsp3) is 0.417. The summed E-state index contributed by atoms with van der Waals surface area (Å²) in [6.07, 6.45) is -2.63. The number of rotatable bonds is 5. The van der Waals surface area contributed by atoms with E-state index >= 15 is 0 Å². The van der Waals surface area contributed by atoms with Crippen LogP contribution in [0.25, 0.3) is 10.2 Å². The van der Waals surface area contributed by atoms with Gasteiger partial charge in [-0.1, -0.05) is 0 Å². The Morgan fingerprint density at radius 2 is 2.28 bits per heavy atom. The van der Waals surface area contributed by atoms with Crippen LogP contribution >= 0.6 is 11.3 Å². The van der Waals surface area contributed by atoms with Crippen molar-refractivity contribution >= 4 is 21.6 Å². The first-order valence-corrected chi connectivity index (χ1v) is 6.48. The van der Waals surface area contributed by atoms with E-state index in [9.17, 15) is 8.78 Å². The summed E-state index contributed by atoms with van der Waals surface area (Å²) in [5, 5.41) is 13.9. The third-order valence-corrected chi connectivity index (χ3v) is 3.60. The van der Waals surface area contributed by atoms with Gasteiger partial charge in [-0.05, 0) is 30.0 Å². The molecule has 6 heteroatoms. The Kier molecular flexibility index (Phi) is 4.21. The van der Waals surface area contributed by atoms with Crippen LogP contribution in [0.1, 0.15) is 18.5 Å². The van der Waals surface area contributed by atoms with Crippen LogP contribution in [-0.2, 0) is 0 Å². The normalized spacial score (nSPS) is 15.2. The highest BCUT2D eigenvalue weighted by Crippen LogP contribution is 2.22. The molecule has 0 aliphatic heterocycles. The molecule has 0 saturated heterocycles. The van der Waals surface area contributed by atoms with Gasteiger partial charge in [0.25, 0.3) is 6.43 Å². The highest BCUT2D eigenvalue weighted by atomic mass is 32.1. The zero-order valence-electron chi connectivity index (χ0n) is 9.81. The second kappa shape index (κ2) is 5.69. The van der Waals surface area contributed by atoms with Crippen LogP contribution in [0.4, 0.5) is 8.78 Å². The zero-order chi connectivity index (χ0) is 13.1. The Bertz CT molecular complexity index is 518. The number of hydrogen-bond donors (Lipinski definition) is 2. The lowest BCUT2D eigenvalue weighted by Crippen LogP contribution is -2.33. The number of nitrogens with one attached hydrogen (secondary N) is 1. The molecule has 2 unspecified atom stereocenters. The van der Waals surface area contributed by atoms with Crippen LogP contribution in [0, 0.1) is 0 Å². The summed E-state index contributed by atoms with van der Waals surface area (Å²) in [7, 11) is 0. The van der Waals surface area contributed by atoms with E-state index in [0.29, 0.717) is 0 Å². The van der Waals surface area contributed by atoms with E-state index in [1.54, 1.807) is 17.5 Å². The Morgan fingerprint density at radius 1 is 1.50 bits per heavy atom. The van der Waals surface area contributed by atoms with Gasteiger partial charge in [0.15, 0.2) is 0 Å². The lowest BCUT2D eigenvalue weighted by molar-refractivity contribution is -0.00439. The second-order valence-electron chi connectivity index (χ2n) is 4.10. The van der Waals surface area contributed by atoms with Crippen molar-refractivity contribution < 1.29 is 13.9 Å². The smallest absolute Gasteiger partial charge is 0.265 e. The fourth-order valence-corrected chi connectivity index (χ4v) is 2.39. The summed E-state index contributed by atoms with van der Waals surface area (Å²) in [4.78, 5) is 4.28. The van der Waals surface area contributed by atoms with E-state index in [2.05, 4.69) is 10.3 Å². The molecule has 2 atom stereocenters. The van der Waals surface area contributed by atoms with Gasteiger partial charge >= 0.3 is 0 Å². The quantitative estimate of drug-likeness (QED) is 0.879. The average molecular weight is 272 g/mol. The highest BCUT2D eigenvalue weighted by Gasteiger charge is 2.17. The second-order valence-corrected chi connectivity index (χ2v) is 5.05. The summed E-state index contributed by atoms with van der Waals surface area (Å²) >= 11 is 1.59. The van der Waals surface area contributed by atoms with Gasteiger partial charge in [0, 0.05) is 18.8 Å². The van der Waals surface area contributed by atoms with E-state index in [-0.39, 0.29) is 12.6 Å². The molecular formula is C12H14F2N2OS. The molecule has 18 heavy (non-hydrogen) atoms. The largest absolute Gasteiger partial charge is 0.386 e. The number of pyridine rings is 1. The van der Waals surface area contributed by atoms with Crippen molar-refractivity contribution in [2.24, 2.45) is 0 Å². The molecule has 0 bridgehead atoms. The number of halogens is 2. The Morgan fingerprint density at radius 3 is 3.00 bits per heavy atom. The SMILES string of the molecule is CC(NCC(O)C(F)F)c1cnc2ccsc2c1. The van der Waals surface area contributed by atoms with E-state index in [0.717, 1.165) is 15.8 Å². The van der Waals surface area contributed by atoms with Gasteiger partial charge in [-0.3, -0.25) is 4.98 Å². The molecule has 98 valence electrons. The first-order chi connectivity index (χ1) is 8.58. The first kappa shape index (κ1) is 13.3. The Hall–Kier alpha value is -1.11. The summed E-state index contributed by atoms with van der Waals surface area (Å²) in [6.45, 7) is 1.72. The molecule has 0 radical (unpaired) electrons. The summed E-state index contributed by atoms with van der Waals surface area (Å²) < 4.78 is 25.4. The van der Waals surface area contributed by atoms with E-state index < -0.39 is 12.5 Å². The molecule has 3 nitrogen and oxygen atoms in total. The molecule has 0 aliphatic carbocycles. The molecule has 0 aromatic carbocycles. The maximum Gasteiger partial charge on any atom is 0.265 e. The van der Waals surface area contributed by atoms with Gasteiger partial charge in [0.1, 0.15) is 6.10 Å². The van der Waals surface area contributed by atoms with Crippen molar-refractivity contribution in [2.75, 3.05) is 6.54 Å². The summed E-state index contributed by atoms with van der Waals surface area (Å²) in [6, 6.07) is 3.79. The van der Waals surface area contributed by atoms with Crippen LogP contribution < -0.4 is 5.32 Å². The Labute approximate surface area is 107 Å². The molecule has 2 N–H and O–H groups in total. The van der Waals surface area contributed by atoms with Gasteiger partial charge in [-0.25, -0.2) is 8.78 Å². The van der Waals surface area contributed by atoms with Crippen molar-refractivity contribution in [3.63, 3.8) is 0 Å².